The lowest BCUT2D eigenvalue weighted by atomic mass is 9.77. The summed E-state index contributed by atoms with van der Waals surface area (Å²) in [5, 5.41) is 0. The molecule has 0 aliphatic carbocycles. The van der Waals surface area contributed by atoms with Crippen LogP contribution >= 0.6 is 0 Å². The number of hydrogen-bond acceptors (Lipinski definition) is 1. The van der Waals surface area contributed by atoms with E-state index >= 15 is 0 Å². The third kappa shape index (κ3) is 4.44. The number of carbonyl (C=O) groups is 1. The van der Waals surface area contributed by atoms with Crippen molar-refractivity contribution in [1.82, 2.24) is 0 Å². The van der Waals surface area contributed by atoms with Crippen LogP contribution < -0.4 is 0 Å². The molecule has 0 amide bonds. The summed E-state index contributed by atoms with van der Waals surface area (Å²) in [6.45, 7) is 8.23. The van der Waals surface area contributed by atoms with Gasteiger partial charge in [0.15, 0.2) is 0 Å². The highest BCUT2D eigenvalue weighted by Gasteiger charge is 2.27. The first-order valence-corrected chi connectivity index (χ1v) is 5.58. The van der Waals surface area contributed by atoms with E-state index in [1.807, 2.05) is 0 Å². The molecule has 0 aliphatic heterocycles. The lowest BCUT2D eigenvalue weighted by molar-refractivity contribution is -0.126. The van der Waals surface area contributed by atoms with E-state index in [1.165, 1.54) is 25.7 Å². The molecule has 0 rings (SSSR count). The van der Waals surface area contributed by atoms with Gasteiger partial charge < -0.3 is 0 Å². The summed E-state index contributed by atoms with van der Waals surface area (Å²) in [6.07, 6.45) is 6.88. The van der Waals surface area contributed by atoms with Crippen molar-refractivity contribution in [3.8, 4) is 0 Å². The Morgan fingerprint density at radius 3 is 1.69 bits per heavy atom. The second-order valence-corrected chi connectivity index (χ2v) is 4.32. The summed E-state index contributed by atoms with van der Waals surface area (Å²) >= 11 is 0. The Hall–Kier alpha value is -0.330. The second kappa shape index (κ2) is 6.17. The van der Waals surface area contributed by atoms with Crippen molar-refractivity contribution in [3.63, 3.8) is 0 Å². The predicted molar refractivity (Wildman–Crippen MR) is 57.8 cm³/mol. The zero-order valence-corrected chi connectivity index (χ0v) is 9.65. The molecule has 0 spiro atoms. The highest BCUT2D eigenvalue weighted by Crippen LogP contribution is 2.31. The molecule has 1 nitrogen and oxygen atoms in total. The number of ketones is 1. The lowest BCUT2D eigenvalue weighted by Gasteiger charge is -2.26. The van der Waals surface area contributed by atoms with Crippen molar-refractivity contribution in [2.24, 2.45) is 5.41 Å². The van der Waals surface area contributed by atoms with E-state index in [4.69, 9.17) is 0 Å². The molecule has 0 radical (unpaired) electrons. The highest BCUT2D eigenvalue weighted by atomic mass is 16.1. The molecule has 0 saturated carbocycles. The van der Waals surface area contributed by atoms with Gasteiger partial charge in [-0.15, -0.1) is 0 Å². The summed E-state index contributed by atoms with van der Waals surface area (Å²) in [5.41, 5.74) is -0.0357. The van der Waals surface area contributed by atoms with Gasteiger partial charge in [-0.3, -0.25) is 4.79 Å². The van der Waals surface area contributed by atoms with E-state index in [1.54, 1.807) is 6.92 Å². The van der Waals surface area contributed by atoms with Crippen LogP contribution in [0.4, 0.5) is 0 Å². The molecule has 1 heteroatoms. The predicted octanol–water partition coefficient (Wildman–Crippen LogP) is 3.96. The molecule has 0 aliphatic rings. The zero-order valence-electron chi connectivity index (χ0n) is 9.65. The number of Topliss-reactive ketones (excluding diaryl/α,β-unsaturated/α-hetero) is 1. The summed E-state index contributed by atoms with van der Waals surface area (Å²) in [4.78, 5) is 11.5. The van der Waals surface area contributed by atoms with Gasteiger partial charge in [-0.1, -0.05) is 46.5 Å². The number of rotatable bonds is 7. The molecule has 0 aromatic carbocycles. The fourth-order valence-electron chi connectivity index (χ4n) is 1.61. The van der Waals surface area contributed by atoms with Crippen LogP contribution in [0, 0.1) is 5.41 Å². The molecular formula is C12H24O. The molecule has 0 aromatic rings. The van der Waals surface area contributed by atoms with Crippen molar-refractivity contribution < 1.29 is 4.79 Å². The van der Waals surface area contributed by atoms with Gasteiger partial charge in [0.2, 0.25) is 0 Å². The summed E-state index contributed by atoms with van der Waals surface area (Å²) < 4.78 is 0. The molecule has 0 aromatic heterocycles. The van der Waals surface area contributed by atoms with Gasteiger partial charge in [0.1, 0.15) is 5.78 Å². The van der Waals surface area contributed by atoms with Gasteiger partial charge in [-0.05, 0) is 19.8 Å². The van der Waals surface area contributed by atoms with Gasteiger partial charge in [0.25, 0.3) is 0 Å². The third-order valence-corrected chi connectivity index (χ3v) is 3.01. The quantitative estimate of drug-likeness (QED) is 0.585. The van der Waals surface area contributed by atoms with Crippen molar-refractivity contribution in [2.45, 2.75) is 66.2 Å². The van der Waals surface area contributed by atoms with E-state index in [2.05, 4.69) is 20.8 Å². The van der Waals surface area contributed by atoms with Crippen LogP contribution in [0.3, 0.4) is 0 Å². The van der Waals surface area contributed by atoms with Crippen LogP contribution in [0.2, 0.25) is 0 Å². The van der Waals surface area contributed by atoms with Gasteiger partial charge in [0, 0.05) is 5.41 Å². The molecule has 0 bridgehead atoms. The van der Waals surface area contributed by atoms with E-state index in [0.717, 1.165) is 12.8 Å². The molecule has 0 unspecified atom stereocenters. The molecular weight excluding hydrogens is 160 g/mol. The van der Waals surface area contributed by atoms with Gasteiger partial charge >= 0.3 is 0 Å². The van der Waals surface area contributed by atoms with E-state index in [0.29, 0.717) is 5.78 Å². The maximum absolute atomic E-state index is 11.5. The van der Waals surface area contributed by atoms with Crippen molar-refractivity contribution >= 4 is 5.78 Å². The Bertz CT molecular complexity index is 141. The van der Waals surface area contributed by atoms with Crippen LogP contribution in [0.1, 0.15) is 66.2 Å². The number of unbranched alkanes of at least 4 members (excludes halogenated alkanes) is 2. The highest BCUT2D eigenvalue weighted by molar-refractivity contribution is 5.81. The zero-order chi connectivity index (χ0) is 10.3. The molecule has 0 atom stereocenters. The third-order valence-electron chi connectivity index (χ3n) is 3.01. The maximum Gasteiger partial charge on any atom is 0.135 e. The molecule has 0 fully saturated rings. The number of carbonyl (C=O) groups excluding carboxylic acids is 1. The Labute approximate surface area is 82.9 Å². The topological polar surface area (TPSA) is 17.1 Å². The lowest BCUT2D eigenvalue weighted by Crippen LogP contribution is -2.25. The van der Waals surface area contributed by atoms with Crippen molar-refractivity contribution in [1.29, 1.82) is 0 Å². The van der Waals surface area contributed by atoms with Crippen molar-refractivity contribution in [3.05, 3.63) is 0 Å². The van der Waals surface area contributed by atoms with Gasteiger partial charge in [-0.25, -0.2) is 0 Å². The first-order chi connectivity index (χ1) is 6.06. The SMILES string of the molecule is CCCCC(C)(CCCC)C(C)=O. The minimum atomic E-state index is -0.0357. The molecule has 0 heterocycles. The fraction of sp³-hybridized carbons (Fsp3) is 0.917. The second-order valence-electron chi connectivity index (χ2n) is 4.32. The van der Waals surface area contributed by atoms with E-state index in [-0.39, 0.29) is 5.41 Å². The fourth-order valence-corrected chi connectivity index (χ4v) is 1.61. The smallest absolute Gasteiger partial charge is 0.135 e. The monoisotopic (exact) mass is 184 g/mol. The molecule has 0 N–H and O–H groups in total. The maximum atomic E-state index is 11.5. The minimum Gasteiger partial charge on any atom is -0.299 e. The van der Waals surface area contributed by atoms with Gasteiger partial charge in [0.05, 0.1) is 0 Å². The Morgan fingerprint density at radius 2 is 1.46 bits per heavy atom. The molecule has 0 saturated heterocycles. The van der Waals surface area contributed by atoms with E-state index in [9.17, 15) is 4.79 Å². The summed E-state index contributed by atoms with van der Waals surface area (Å²) in [5.74, 6) is 0.370. The standard InChI is InChI=1S/C12H24O/c1-5-7-9-12(4,11(3)13)10-8-6-2/h5-10H2,1-4H3. The van der Waals surface area contributed by atoms with Crippen molar-refractivity contribution in [2.75, 3.05) is 0 Å². The Balaban J connectivity index is 4.08. The average Bonchev–Trinajstić information content (AvgIpc) is 2.11. The van der Waals surface area contributed by atoms with Crippen LogP contribution in [0.5, 0.6) is 0 Å². The van der Waals surface area contributed by atoms with Crippen LogP contribution in [-0.2, 0) is 4.79 Å². The normalized spacial score (nSPS) is 11.7. The van der Waals surface area contributed by atoms with Crippen LogP contribution in [0.15, 0.2) is 0 Å². The Morgan fingerprint density at radius 1 is 1.08 bits per heavy atom. The molecule has 13 heavy (non-hydrogen) atoms. The molecule has 78 valence electrons. The average molecular weight is 184 g/mol. The van der Waals surface area contributed by atoms with E-state index < -0.39 is 0 Å². The Kier molecular flexibility index (Phi) is 6.02. The largest absolute Gasteiger partial charge is 0.299 e. The van der Waals surface area contributed by atoms with Crippen LogP contribution in [-0.4, -0.2) is 5.78 Å². The first-order valence-electron chi connectivity index (χ1n) is 5.58. The first kappa shape index (κ1) is 12.7. The number of hydrogen-bond donors (Lipinski definition) is 0. The van der Waals surface area contributed by atoms with Gasteiger partial charge in [-0.2, -0.15) is 0 Å². The minimum absolute atomic E-state index is 0.0357. The summed E-state index contributed by atoms with van der Waals surface area (Å²) in [6, 6.07) is 0. The summed E-state index contributed by atoms with van der Waals surface area (Å²) in [7, 11) is 0. The van der Waals surface area contributed by atoms with Crippen LogP contribution in [0.25, 0.3) is 0 Å².